The van der Waals surface area contributed by atoms with Crippen molar-refractivity contribution >= 4 is 5.69 Å². The molecule has 2 rings (SSSR count). The summed E-state index contributed by atoms with van der Waals surface area (Å²) in [4.78, 5) is 9.65. The minimum absolute atomic E-state index is 0.0365. The monoisotopic (exact) mass is 294 g/mol. The first-order chi connectivity index (χ1) is 9.88. The van der Waals surface area contributed by atoms with Gasteiger partial charge < -0.3 is 10.5 Å². The van der Waals surface area contributed by atoms with Gasteiger partial charge in [0.1, 0.15) is 5.75 Å². The summed E-state index contributed by atoms with van der Waals surface area (Å²) in [5.41, 5.74) is 5.55. The lowest BCUT2D eigenvalue weighted by molar-refractivity contribution is -0.387. The van der Waals surface area contributed by atoms with Gasteiger partial charge >= 0.3 is 5.69 Å². The van der Waals surface area contributed by atoms with E-state index in [1.807, 2.05) is 0 Å². The van der Waals surface area contributed by atoms with Gasteiger partial charge in [-0.15, -0.1) is 0 Å². The molecule has 0 aliphatic heterocycles. The fraction of sp³-hybridized carbons (Fsp3) is 0.143. The highest BCUT2D eigenvalue weighted by Crippen LogP contribution is 2.29. The number of rotatable bonds is 4. The molecule has 0 radical (unpaired) electrons. The van der Waals surface area contributed by atoms with Crippen LogP contribution in [0.4, 0.5) is 14.5 Å². The lowest BCUT2D eigenvalue weighted by Crippen LogP contribution is -2.05. The van der Waals surface area contributed by atoms with Crippen LogP contribution in [0.3, 0.4) is 0 Å². The van der Waals surface area contributed by atoms with Gasteiger partial charge in [0, 0.05) is 18.2 Å². The molecule has 0 amide bonds. The number of nitro groups is 1. The van der Waals surface area contributed by atoms with Crippen LogP contribution >= 0.6 is 0 Å². The molecule has 2 aromatic carbocycles. The van der Waals surface area contributed by atoms with Crippen LogP contribution in [0.2, 0.25) is 0 Å². The van der Waals surface area contributed by atoms with Crippen molar-refractivity contribution in [2.45, 2.75) is 13.0 Å². The Labute approximate surface area is 119 Å². The van der Waals surface area contributed by atoms with E-state index in [-0.39, 0.29) is 17.5 Å². The Morgan fingerprint density at radius 1 is 1.19 bits per heavy atom. The average molecular weight is 294 g/mol. The van der Waals surface area contributed by atoms with Crippen LogP contribution in [0, 0.1) is 21.7 Å². The zero-order valence-corrected chi connectivity index (χ0v) is 11.0. The van der Waals surface area contributed by atoms with Gasteiger partial charge in [-0.1, -0.05) is 6.07 Å². The van der Waals surface area contributed by atoms with Crippen LogP contribution in [0.25, 0.3) is 0 Å². The summed E-state index contributed by atoms with van der Waals surface area (Å²) < 4.78 is 32.4. The SMILES string of the molecule is C[C@H](N)c1ccc(Oc2ccc([N+](=O)[O-])c(F)c2)c(F)c1. The molecule has 1 atom stereocenters. The molecule has 0 aromatic heterocycles. The standard InChI is InChI=1S/C14H12F2N2O3/c1-8(17)9-2-5-14(12(16)6-9)21-10-3-4-13(18(19)20)11(15)7-10/h2-8H,17H2,1H3/t8-/m0/s1. The summed E-state index contributed by atoms with van der Waals surface area (Å²) in [5, 5.41) is 10.5. The van der Waals surface area contributed by atoms with Crippen molar-refractivity contribution in [1.82, 2.24) is 0 Å². The van der Waals surface area contributed by atoms with Gasteiger partial charge in [0.05, 0.1) is 4.92 Å². The molecule has 21 heavy (non-hydrogen) atoms. The molecule has 0 aliphatic carbocycles. The summed E-state index contributed by atoms with van der Waals surface area (Å²) >= 11 is 0. The number of hydrogen-bond acceptors (Lipinski definition) is 4. The maximum atomic E-state index is 13.8. The Bertz CT molecular complexity index is 690. The lowest BCUT2D eigenvalue weighted by Gasteiger charge is -2.10. The Balaban J connectivity index is 2.26. The van der Waals surface area contributed by atoms with E-state index >= 15 is 0 Å². The summed E-state index contributed by atoms with van der Waals surface area (Å²) in [7, 11) is 0. The zero-order valence-electron chi connectivity index (χ0n) is 11.0. The Morgan fingerprint density at radius 3 is 2.43 bits per heavy atom. The number of nitrogens with two attached hydrogens (primary N) is 1. The fourth-order valence-corrected chi connectivity index (χ4v) is 1.71. The normalized spacial score (nSPS) is 12.0. The Morgan fingerprint density at radius 2 is 1.90 bits per heavy atom. The van der Waals surface area contributed by atoms with Crippen molar-refractivity contribution < 1.29 is 18.4 Å². The topological polar surface area (TPSA) is 78.4 Å². The van der Waals surface area contributed by atoms with Crippen LogP contribution in [0.15, 0.2) is 36.4 Å². The van der Waals surface area contributed by atoms with Gasteiger partial charge in [-0.3, -0.25) is 10.1 Å². The molecule has 0 saturated carbocycles. The van der Waals surface area contributed by atoms with E-state index in [9.17, 15) is 18.9 Å². The van der Waals surface area contributed by atoms with Crippen molar-refractivity contribution in [3.63, 3.8) is 0 Å². The first-order valence-electron chi connectivity index (χ1n) is 6.05. The molecule has 0 heterocycles. The lowest BCUT2D eigenvalue weighted by atomic mass is 10.1. The molecular formula is C14H12F2N2O3. The maximum absolute atomic E-state index is 13.8. The molecule has 2 aromatic rings. The van der Waals surface area contributed by atoms with Crippen LogP contribution < -0.4 is 10.5 Å². The van der Waals surface area contributed by atoms with Gasteiger partial charge in [0.25, 0.3) is 0 Å². The molecule has 7 heteroatoms. The molecule has 0 fully saturated rings. The predicted molar refractivity (Wildman–Crippen MR) is 72.1 cm³/mol. The second-order valence-electron chi connectivity index (χ2n) is 4.45. The molecule has 5 nitrogen and oxygen atoms in total. The van der Waals surface area contributed by atoms with E-state index in [0.717, 1.165) is 12.1 Å². The van der Waals surface area contributed by atoms with E-state index in [1.54, 1.807) is 13.0 Å². The Hall–Kier alpha value is -2.54. The van der Waals surface area contributed by atoms with E-state index in [0.29, 0.717) is 5.56 Å². The fourth-order valence-electron chi connectivity index (χ4n) is 1.71. The quantitative estimate of drug-likeness (QED) is 0.689. The molecule has 110 valence electrons. The molecular weight excluding hydrogens is 282 g/mol. The highest BCUT2D eigenvalue weighted by atomic mass is 19.1. The maximum Gasteiger partial charge on any atom is 0.305 e. The molecule has 0 spiro atoms. The largest absolute Gasteiger partial charge is 0.454 e. The smallest absolute Gasteiger partial charge is 0.305 e. The van der Waals surface area contributed by atoms with Crippen molar-refractivity contribution in [3.05, 3.63) is 63.7 Å². The van der Waals surface area contributed by atoms with Crippen molar-refractivity contribution in [3.8, 4) is 11.5 Å². The van der Waals surface area contributed by atoms with E-state index in [1.165, 1.54) is 18.2 Å². The second kappa shape index (κ2) is 5.84. The molecule has 0 bridgehead atoms. The molecule has 0 unspecified atom stereocenters. The van der Waals surface area contributed by atoms with Gasteiger partial charge in [-0.25, -0.2) is 4.39 Å². The van der Waals surface area contributed by atoms with Gasteiger partial charge in [-0.2, -0.15) is 4.39 Å². The number of benzene rings is 2. The zero-order chi connectivity index (χ0) is 15.6. The van der Waals surface area contributed by atoms with Crippen LogP contribution in [-0.2, 0) is 0 Å². The van der Waals surface area contributed by atoms with Crippen molar-refractivity contribution in [2.75, 3.05) is 0 Å². The number of nitro benzene ring substituents is 1. The minimum atomic E-state index is -1.05. The van der Waals surface area contributed by atoms with E-state index in [2.05, 4.69) is 0 Å². The van der Waals surface area contributed by atoms with Gasteiger partial charge in [0.15, 0.2) is 11.6 Å². The van der Waals surface area contributed by atoms with Crippen molar-refractivity contribution in [2.24, 2.45) is 5.73 Å². The Kier molecular flexibility index (Phi) is 4.13. The van der Waals surface area contributed by atoms with E-state index < -0.39 is 22.2 Å². The first-order valence-corrected chi connectivity index (χ1v) is 6.05. The number of hydrogen-bond donors (Lipinski definition) is 1. The number of halogens is 2. The molecule has 0 aliphatic rings. The predicted octanol–water partition coefficient (Wildman–Crippen LogP) is 3.69. The summed E-state index contributed by atoms with van der Waals surface area (Å²) in [6, 6.07) is 6.83. The third-order valence-electron chi connectivity index (χ3n) is 2.83. The highest BCUT2D eigenvalue weighted by molar-refractivity contribution is 5.41. The third-order valence-corrected chi connectivity index (χ3v) is 2.83. The molecule has 0 saturated heterocycles. The van der Waals surface area contributed by atoms with Crippen molar-refractivity contribution in [1.29, 1.82) is 0 Å². The van der Waals surface area contributed by atoms with Crippen LogP contribution in [0.1, 0.15) is 18.5 Å². The summed E-state index contributed by atoms with van der Waals surface area (Å²) in [6.45, 7) is 1.71. The van der Waals surface area contributed by atoms with E-state index in [4.69, 9.17) is 10.5 Å². The first kappa shape index (κ1) is 14.9. The summed E-state index contributed by atoms with van der Waals surface area (Å²) in [5.74, 6) is -1.85. The second-order valence-corrected chi connectivity index (χ2v) is 4.45. The van der Waals surface area contributed by atoms with Crippen LogP contribution in [-0.4, -0.2) is 4.92 Å². The number of nitrogens with zero attached hydrogens (tertiary/aromatic N) is 1. The highest BCUT2D eigenvalue weighted by Gasteiger charge is 2.15. The summed E-state index contributed by atoms with van der Waals surface area (Å²) in [6.07, 6.45) is 0. The molecule has 2 N–H and O–H groups in total. The average Bonchev–Trinajstić information content (AvgIpc) is 2.40. The van der Waals surface area contributed by atoms with Crippen LogP contribution in [0.5, 0.6) is 11.5 Å². The number of ether oxygens (including phenoxy) is 1. The third kappa shape index (κ3) is 3.32. The van der Waals surface area contributed by atoms with Gasteiger partial charge in [-0.05, 0) is 30.7 Å². The van der Waals surface area contributed by atoms with Gasteiger partial charge in [0.2, 0.25) is 5.82 Å². The minimum Gasteiger partial charge on any atom is -0.454 e.